The van der Waals surface area contributed by atoms with E-state index in [1.54, 1.807) is 19.9 Å². The molecular weight excluding hydrogens is 252 g/mol. The second kappa shape index (κ2) is 6.03. The maximum absolute atomic E-state index is 11.1. The van der Waals surface area contributed by atoms with Gasteiger partial charge in [0.2, 0.25) is 0 Å². The molecule has 7 nitrogen and oxygen atoms in total. The maximum atomic E-state index is 11.1. The third-order valence-corrected chi connectivity index (χ3v) is 2.62. The summed E-state index contributed by atoms with van der Waals surface area (Å²) in [5.74, 6) is -0.687. The second-order valence-electron chi connectivity index (χ2n) is 4.23. The number of nitrogens with zero attached hydrogens (tertiary/aromatic N) is 2. The van der Waals surface area contributed by atoms with Gasteiger partial charge in [-0.25, -0.2) is 0 Å². The van der Waals surface area contributed by atoms with E-state index in [1.807, 2.05) is 0 Å². The maximum Gasteiger partial charge on any atom is 0.323 e. The van der Waals surface area contributed by atoms with Crippen LogP contribution in [0.2, 0.25) is 0 Å². The molecule has 0 unspecified atom stereocenters. The van der Waals surface area contributed by atoms with E-state index >= 15 is 0 Å². The molecule has 0 saturated heterocycles. The number of carboxylic acid groups (broad SMARTS) is 1. The first kappa shape index (κ1) is 14.7. The highest BCUT2D eigenvalue weighted by Gasteiger charge is 2.24. The number of nitro groups is 1. The zero-order chi connectivity index (χ0) is 14.6. The smallest absolute Gasteiger partial charge is 0.323 e. The summed E-state index contributed by atoms with van der Waals surface area (Å²) in [4.78, 5) is 22.8. The van der Waals surface area contributed by atoms with Crippen molar-refractivity contribution in [2.75, 3.05) is 18.6 Å². The highest BCUT2D eigenvalue weighted by atomic mass is 16.6. The van der Waals surface area contributed by atoms with Gasteiger partial charge in [0.15, 0.2) is 0 Å². The Labute approximate surface area is 110 Å². The predicted molar refractivity (Wildman–Crippen MR) is 69.8 cm³/mol. The summed E-state index contributed by atoms with van der Waals surface area (Å²) in [7, 11) is 1.41. The molecular formula is C12H16N2O5. The molecule has 1 rings (SSSR count). The highest BCUT2D eigenvalue weighted by Crippen LogP contribution is 2.32. The molecule has 0 aliphatic heterocycles. The first-order valence-corrected chi connectivity index (χ1v) is 5.67. The molecule has 1 aromatic carbocycles. The van der Waals surface area contributed by atoms with Crippen LogP contribution in [0.1, 0.15) is 13.8 Å². The molecule has 0 radical (unpaired) electrons. The number of anilines is 1. The van der Waals surface area contributed by atoms with Crippen molar-refractivity contribution in [3.8, 4) is 5.75 Å². The van der Waals surface area contributed by atoms with Crippen molar-refractivity contribution in [2.24, 2.45) is 0 Å². The third-order valence-electron chi connectivity index (χ3n) is 2.62. The number of nitro benzene ring substituents is 1. The van der Waals surface area contributed by atoms with Gasteiger partial charge in [-0.15, -0.1) is 0 Å². The van der Waals surface area contributed by atoms with E-state index in [1.165, 1.54) is 24.1 Å². The van der Waals surface area contributed by atoms with E-state index in [-0.39, 0.29) is 24.0 Å². The zero-order valence-electron chi connectivity index (χ0n) is 11.0. The average molecular weight is 268 g/mol. The van der Waals surface area contributed by atoms with Crippen LogP contribution in [0.5, 0.6) is 5.75 Å². The summed E-state index contributed by atoms with van der Waals surface area (Å²) in [6, 6.07) is 4.18. The molecule has 104 valence electrons. The second-order valence-corrected chi connectivity index (χ2v) is 4.23. The minimum absolute atomic E-state index is 0.172. The Kier molecular flexibility index (Phi) is 4.68. The first-order chi connectivity index (χ1) is 8.86. The van der Waals surface area contributed by atoms with Gasteiger partial charge in [-0.2, -0.15) is 0 Å². The summed E-state index contributed by atoms with van der Waals surface area (Å²) in [5, 5.41) is 20.0. The normalized spacial score (nSPS) is 10.3. The van der Waals surface area contributed by atoms with Crippen molar-refractivity contribution in [2.45, 2.75) is 19.9 Å². The van der Waals surface area contributed by atoms with Crippen LogP contribution in [0.15, 0.2) is 18.2 Å². The molecule has 7 heteroatoms. The highest BCUT2D eigenvalue weighted by molar-refractivity contribution is 5.77. The first-order valence-electron chi connectivity index (χ1n) is 5.67. The van der Waals surface area contributed by atoms with Gasteiger partial charge in [0.05, 0.1) is 18.1 Å². The molecule has 0 aliphatic carbocycles. The minimum Gasteiger partial charge on any atom is -0.496 e. The summed E-state index contributed by atoms with van der Waals surface area (Å²) in [6.07, 6.45) is 0. The van der Waals surface area contributed by atoms with Gasteiger partial charge in [0, 0.05) is 6.04 Å². The Morgan fingerprint density at radius 1 is 1.53 bits per heavy atom. The molecule has 1 N–H and O–H groups in total. The Morgan fingerprint density at radius 3 is 2.58 bits per heavy atom. The average Bonchev–Trinajstić information content (AvgIpc) is 2.34. The molecule has 0 aliphatic rings. The van der Waals surface area contributed by atoms with Crippen LogP contribution in [0.3, 0.4) is 0 Å². The van der Waals surface area contributed by atoms with Crippen molar-refractivity contribution >= 4 is 17.3 Å². The van der Waals surface area contributed by atoms with Crippen molar-refractivity contribution < 1.29 is 19.6 Å². The number of carbonyl (C=O) groups is 1. The van der Waals surface area contributed by atoms with Gasteiger partial charge in [-0.3, -0.25) is 14.9 Å². The molecule has 0 spiro atoms. The minimum atomic E-state index is -1.04. The molecule has 0 aromatic heterocycles. The summed E-state index contributed by atoms with van der Waals surface area (Å²) >= 11 is 0. The molecule has 0 amide bonds. The number of hydrogen-bond acceptors (Lipinski definition) is 5. The Hall–Kier alpha value is -2.31. The topological polar surface area (TPSA) is 92.9 Å². The van der Waals surface area contributed by atoms with Crippen LogP contribution in [0, 0.1) is 10.1 Å². The lowest BCUT2D eigenvalue weighted by molar-refractivity contribution is -0.384. The zero-order valence-corrected chi connectivity index (χ0v) is 11.0. The molecule has 0 saturated carbocycles. The van der Waals surface area contributed by atoms with Crippen LogP contribution in [-0.2, 0) is 4.79 Å². The van der Waals surface area contributed by atoms with Crippen molar-refractivity contribution in [3.05, 3.63) is 28.3 Å². The van der Waals surface area contributed by atoms with Gasteiger partial charge in [-0.1, -0.05) is 0 Å². The van der Waals surface area contributed by atoms with E-state index in [0.717, 1.165) is 0 Å². The fourth-order valence-corrected chi connectivity index (χ4v) is 1.71. The third kappa shape index (κ3) is 3.57. The van der Waals surface area contributed by atoms with Crippen LogP contribution in [-0.4, -0.2) is 35.7 Å². The number of benzene rings is 1. The largest absolute Gasteiger partial charge is 0.496 e. The van der Waals surface area contributed by atoms with Gasteiger partial charge in [0.1, 0.15) is 18.0 Å². The SMILES string of the molecule is COc1ccc(N(CC(=O)O)C(C)C)c([N+](=O)[O-])c1. The van der Waals surface area contributed by atoms with Crippen LogP contribution in [0.4, 0.5) is 11.4 Å². The number of ether oxygens (including phenoxy) is 1. The van der Waals surface area contributed by atoms with Gasteiger partial charge in [-0.05, 0) is 26.0 Å². The summed E-state index contributed by atoms with van der Waals surface area (Å²) in [5.41, 5.74) is 0.0949. The molecule has 1 aromatic rings. The standard InChI is InChI=1S/C12H16N2O5/c1-8(2)13(7-12(15)16)10-5-4-9(19-3)6-11(10)14(17)18/h4-6,8H,7H2,1-3H3,(H,15,16). The predicted octanol–water partition coefficient (Wildman–Crippen LogP) is 1.90. The lowest BCUT2D eigenvalue weighted by atomic mass is 10.2. The molecule has 0 atom stereocenters. The van der Waals surface area contributed by atoms with Crippen LogP contribution >= 0.6 is 0 Å². The number of rotatable bonds is 6. The Balaban J connectivity index is 3.29. The van der Waals surface area contributed by atoms with Gasteiger partial charge >= 0.3 is 5.97 Å². The van der Waals surface area contributed by atoms with E-state index in [9.17, 15) is 14.9 Å². The molecule has 0 heterocycles. The Bertz CT molecular complexity index is 487. The van der Waals surface area contributed by atoms with E-state index in [4.69, 9.17) is 9.84 Å². The lowest BCUT2D eigenvalue weighted by Gasteiger charge is -2.26. The van der Waals surface area contributed by atoms with Crippen molar-refractivity contribution in [3.63, 3.8) is 0 Å². The van der Waals surface area contributed by atoms with Crippen LogP contribution < -0.4 is 9.64 Å². The number of carboxylic acids is 1. The number of aliphatic carboxylic acids is 1. The number of methoxy groups -OCH3 is 1. The quantitative estimate of drug-likeness (QED) is 0.625. The molecule has 19 heavy (non-hydrogen) atoms. The summed E-state index contributed by atoms with van der Waals surface area (Å²) in [6.45, 7) is 3.25. The molecule has 0 fully saturated rings. The van der Waals surface area contributed by atoms with Crippen molar-refractivity contribution in [1.82, 2.24) is 0 Å². The monoisotopic (exact) mass is 268 g/mol. The fraction of sp³-hybridized carbons (Fsp3) is 0.417. The van der Waals surface area contributed by atoms with Gasteiger partial charge in [0.25, 0.3) is 5.69 Å². The van der Waals surface area contributed by atoms with Gasteiger partial charge < -0.3 is 14.7 Å². The Morgan fingerprint density at radius 2 is 2.16 bits per heavy atom. The van der Waals surface area contributed by atoms with E-state index < -0.39 is 10.9 Å². The molecule has 0 bridgehead atoms. The number of hydrogen-bond donors (Lipinski definition) is 1. The fourth-order valence-electron chi connectivity index (χ4n) is 1.71. The summed E-state index contributed by atoms with van der Waals surface area (Å²) < 4.78 is 4.94. The van der Waals surface area contributed by atoms with Crippen molar-refractivity contribution in [1.29, 1.82) is 0 Å². The van der Waals surface area contributed by atoms with E-state index in [2.05, 4.69) is 0 Å². The van der Waals surface area contributed by atoms with E-state index in [0.29, 0.717) is 5.75 Å². The van der Waals surface area contributed by atoms with Crippen LogP contribution in [0.25, 0.3) is 0 Å². The lowest BCUT2D eigenvalue weighted by Crippen LogP contribution is -2.36.